The molecule has 0 saturated carbocycles. The molecule has 1 heterocycles. The first-order chi connectivity index (χ1) is 24.7. The maximum atomic E-state index is 2.50. The SMILES string of the molecule is CC(C)(C)c1ccc(N(c2cccc([Si]3(c4ccccc4)c4ccccc4-c4ccccc43)c2)c2ccc3c(c2)C(C)(C)c2ccccc2-3)cc1. The summed E-state index contributed by atoms with van der Waals surface area (Å²) in [4.78, 5) is 2.48. The second kappa shape index (κ2) is 11.5. The van der Waals surface area contributed by atoms with E-state index >= 15 is 0 Å². The number of anilines is 3. The third-order valence-electron chi connectivity index (χ3n) is 11.5. The highest BCUT2D eigenvalue weighted by atomic mass is 28.3. The van der Waals surface area contributed by atoms with Crippen LogP contribution in [0.4, 0.5) is 17.1 Å². The zero-order valence-electron chi connectivity index (χ0n) is 30.1. The predicted molar refractivity (Wildman–Crippen MR) is 220 cm³/mol. The molecule has 0 unspecified atom stereocenters. The van der Waals surface area contributed by atoms with Gasteiger partial charge in [0.15, 0.2) is 8.07 Å². The summed E-state index contributed by atoms with van der Waals surface area (Å²) in [5.41, 5.74) is 13.0. The van der Waals surface area contributed by atoms with Gasteiger partial charge in [-0.3, -0.25) is 0 Å². The summed E-state index contributed by atoms with van der Waals surface area (Å²) in [6, 6.07) is 64.3. The van der Waals surface area contributed by atoms with Crippen molar-refractivity contribution in [3.05, 3.63) is 187 Å². The minimum Gasteiger partial charge on any atom is -0.310 e. The number of nitrogens with zero attached hydrogens (tertiary/aromatic N) is 1. The van der Waals surface area contributed by atoms with Gasteiger partial charge in [0.05, 0.1) is 0 Å². The molecule has 0 saturated heterocycles. The van der Waals surface area contributed by atoms with Gasteiger partial charge in [0.2, 0.25) is 0 Å². The highest BCUT2D eigenvalue weighted by molar-refractivity contribution is 7.22. The molecule has 248 valence electrons. The van der Waals surface area contributed by atoms with Crippen molar-refractivity contribution >= 4 is 45.9 Å². The Hall–Kier alpha value is -5.44. The molecule has 7 aromatic rings. The van der Waals surface area contributed by atoms with Gasteiger partial charge < -0.3 is 4.90 Å². The lowest BCUT2D eigenvalue weighted by molar-refractivity contribution is 0.590. The van der Waals surface area contributed by atoms with Crippen LogP contribution < -0.4 is 25.6 Å². The zero-order valence-corrected chi connectivity index (χ0v) is 31.1. The van der Waals surface area contributed by atoms with Gasteiger partial charge in [-0.05, 0) is 102 Å². The van der Waals surface area contributed by atoms with E-state index in [0.29, 0.717) is 0 Å². The first-order valence-corrected chi connectivity index (χ1v) is 20.2. The van der Waals surface area contributed by atoms with Gasteiger partial charge in [-0.25, -0.2) is 0 Å². The highest BCUT2D eigenvalue weighted by Gasteiger charge is 2.48. The van der Waals surface area contributed by atoms with E-state index < -0.39 is 8.07 Å². The molecular formula is C49H43NSi. The number of fused-ring (bicyclic) bond motifs is 6. The lowest BCUT2D eigenvalue weighted by atomic mass is 9.82. The van der Waals surface area contributed by atoms with Crippen molar-refractivity contribution in [2.24, 2.45) is 0 Å². The van der Waals surface area contributed by atoms with Crippen LogP contribution in [0.5, 0.6) is 0 Å². The van der Waals surface area contributed by atoms with Crippen molar-refractivity contribution in [2.75, 3.05) is 4.90 Å². The van der Waals surface area contributed by atoms with E-state index in [1.54, 1.807) is 0 Å². The van der Waals surface area contributed by atoms with Crippen LogP contribution >= 0.6 is 0 Å². The lowest BCUT2D eigenvalue weighted by Gasteiger charge is -2.33. The molecular weight excluding hydrogens is 631 g/mol. The van der Waals surface area contributed by atoms with E-state index in [-0.39, 0.29) is 10.8 Å². The Morgan fingerprint density at radius 1 is 0.431 bits per heavy atom. The Bertz CT molecular complexity index is 2390. The van der Waals surface area contributed by atoms with Gasteiger partial charge in [0, 0.05) is 22.5 Å². The van der Waals surface area contributed by atoms with Crippen molar-refractivity contribution in [2.45, 2.75) is 45.4 Å². The topological polar surface area (TPSA) is 3.24 Å². The minimum absolute atomic E-state index is 0.0730. The molecule has 7 aromatic carbocycles. The van der Waals surface area contributed by atoms with E-state index in [2.05, 4.69) is 209 Å². The fourth-order valence-electron chi connectivity index (χ4n) is 8.98. The second-order valence-corrected chi connectivity index (χ2v) is 19.5. The molecule has 9 rings (SSSR count). The Balaban J connectivity index is 1.28. The number of hydrogen-bond acceptors (Lipinski definition) is 1. The fraction of sp³-hybridized carbons (Fsp3) is 0.143. The van der Waals surface area contributed by atoms with E-state index in [1.807, 2.05) is 0 Å². The number of benzene rings is 7. The molecule has 1 nitrogen and oxygen atoms in total. The van der Waals surface area contributed by atoms with E-state index in [9.17, 15) is 0 Å². The van der Waals surface area contributed by atoms with E-state index in [0.717, 1.165) is 5.69 Å². The third-order valence-corrected chi connectivity index (χ3v) is 16.4. The summed E-state index contributed by atoms with van der Waals surface area (Å²) in [5, 5.41) is 5.74. The highest BCUT2D eigenvalue weighted by Crippen LogP contribution is 2.50. The molecule has 1 aliphatic heterocycles. The minimum atomic E-state index is -2.65. The van der Waals surface area contributed by atoms with Crippen molar-refractivity contribution in [1.29, 1.82) is 0 Å². The molecule has 0 bridgehead atoms. The van der Waals surface area contributed by atoms with Crippen LogP contribution in [0.1, 0.15) is 51.3 Å². The molecule has 2 heteroatoms. The summed E-state index contributed by atoms with van der Waals surface area (Å²) in [7, 11) is -2.65. The Morgan fingerprint density at radius 2 is 0.961 bits per heavy atom. The monoisotopic (exact) mass is 673 g/mol. The van der Waals surface area contributed by atoms with Crippen molar-refractivity contribution in [3.63, 3.8) is 0 Å². The van der Waals surface area contributed by atoms with Crippen LogP contribution in [-0.2, 0) is 10.8 Å². The summed E-state index contributed by atoms with van der Waals surface area (Å²) in [5.74, 6) is 0. The predicted octanol–water partition coefficient (Wildman–Crippen LogP) is 10.1. The first-order valence-electron chi connectivity index (χ1n) is 18.2. The maximum absolute atomic E-state index is 2.65. The largest absolute Gasteiger partial charge is 0.310 e. The average molecular weight is 674 g/mol. The van der Waals surface area contributed by atoms with Crippen LogP contribution in [0.15, 0.2) is 170 Å². The van der Waals surface area contributed by atoms with Crippen molar-refractivity contribution < 1.29 is 0 Å². The van der Waals surface area contributed by atoms with E-state index in [1.165, 1.54) is 71.1 Å². The third kappa shape index (κ3) is 4.73. The van der Waals surface area contributed by atoms with Crippen LogP contribution in [-0.4, -0.2) is 8.07 Å². The second-order valence-electron chi connectivity index (χ2n) is 15.8. The van der Waals surface area contributed by atoms with Gasteiger partial charge >= 0.3 is 0 Å². The summed E-state index contributed by atoms with van der Waals surface area (Å²) < 4.78 is 0. The quantitative estimate of drug-likeness (QED) is 0.164. The molecule has 51 heavy (non-hydrogen) atoms. The van der Waals surface area contributed by atoms with Crippen molar-refractivity contribution in [3.8, 4) is 22.3 Å². The Morgan fingerprint density at radius 3 is 1.63 bits per heavy atom. The molecule has 1 aliphatic carbocycles. The standard InChI is InChI=1S/C49H43NSi/c1-48(2,3)34-26-28-35(29-27-34)50(37-30-31-41-40-20-9-12-23-44(40)49(4,5)45(41)33-37)36-16-15-19-39(32-36)51(38-17-7-6-8-18-38)46-24-13-10-21-42(46)43-22-11-14-25-47(43)51/h6-33H,1-5H3. The van der Waals surface area contributed by atoms with Gasteiger partial charge in [-0.1, -0.05) is 168 Å². The number of rotatable bonds is 5. The molecule has 0 fully saturated rings. The summed E-state index contributed by atoms with van der Waals surface area (Å²) in [6.45, 7) is 11.6. The molecule has 0 radical (unpaired) electrons. The van der Waals surface area contributed by atoms with Crippen LogP contribution in [0.25, 0.3) is 22.3 Å². The summed E-state index contributed by atoms with van der Waals surface area (Å²) in [6.07, 6.45) is 0. The maximum Gasteiger partial charge on any atom is 0.180 e. The van der Waals surface area contributed by atoms with Crippen LogP contribution in [0, 0.1) is 0 Å². The van der Waals surface area contributed by atoms with Gasteiger partial charge in [-0.15, -0.1) is 0 Å². The molecule has 0 atom stereocenters. The molecule has 0 spiro atoms. The first kappa shape index (κ1) is 31.5. The Kier molecular flexibility index (Phi) is 7.14. The van der Waals surface area contributed by atoms with Gasteiger partial charge in [0.1, 0.15) is 0 Å². The number of hydrogen-bond donors (Lipinski definition) is 0. The normalized spacial score (nSPS) is 14.7. The zero-order chi connectivity index (χ0) is 35.0. The smallest absolute Gasteiger partial charge is 0.180 e. The molecule has 0 aromatic heterocycles. The van der Waals surface area contributed by atoms with Crippen LogP contribution in [0.2, 0.25) is 0 Å². The average Bonchev–Trinajstić information content (AvgIpc) is 3.58. The van der Waals surface area contributed by atoms with Gasteiger partial charge in [-0.2, -0.15) is 0 Å². The van der Waals surface area contributed by atoms with E-state index in [4.69, 9.17) is 0 Å². The molecule has 0 N–H and O–H groups in total. The van der Waals surface area contributed by atoms with Gasteiger partial charge in [0.25, 0.3) is 0 Å². The lowest BCUT2D eigenvalue weighted by Crippen LogP contribution is -2.72. The van der Waals surface area contributed by atoms with Crippen molar-refractivity contribution in [1.82, 2.24) is 0 Å². The van der Waals surface area contributed by atoms with Crippen LogP contribution in [0.3, 0.4) is 0 Å². The molecule has 2 aliphatic rings. The molecule has 0 amide bonds. The fourth-order valence-corrected chi connectivity index (χ4v) is 14.2. The Labute approximate surface area is 303 Å². The summed E-state index contributed by atoms with van der Waals surface area (Å²) >= 11 is 0.